The number of sulfone groups is 1. The fourth-order valence-electron chi connectivity index (χ4n) is 3.53. The molecule has 0 saturated heterocycles. The molecule has 2 aromatic rings. The van der Waals surface area contributed by atoms with Gasteiger partial charge in [-0.1, -0.05) is 24.3 Å². The Labute approximate surface area is 156 Å². The minimum absolute atomic E-state index is 0.350. The standard InChI is InChI=1S/C21H26N2O2S/c1-23(2)16-22-14-13-18-8-6-7-17-11-12-20(15-21(17)18)26(24,25)19-9-4-3-5-10-19/h3-5,9-12,15-16,18H,6-8,13-14H2,1-2H3/b22-16-. The van der Waals surface area contributed by atoms with Gasteiger partial charge in [-0.05, 0) is 67.0 Å². The van der Waals surface area contributed by atoms with Crippen molar-refractivity contribution < 1.29 is 8.42 Å². The normalized spacial score (nSPS) is 17.2. The molecule has 2 aromatic carbocycles. The van der Waals surface area contributed by atoms with Crippen LogP contribution in [0, 0.1) is 0 Å². The van der Waals surface area contributed by atoms with Gasteiger partial charge in [-0.2, -0.15) is 0 Å². The predicted octanol–water partition coefficient (Wildman–Crippen LogP) is 3.92. The summed E-state index contributed by atoms with van der Waals surface area (Å²) in [6, 6.07) is 14.3. The number of hydrogen-bond donors (Lipinski definition) is 0. The van der Waals surface area contributed by atoms with Crippen molar-refractivity contribution in [2.24, 2.45) is 4.99 Å². The summed E-state index contributed by atoms with van der Waals surface area (Å²) >= 11 is 0. The SMILES string of the molecule is CN(C)/C=N\CCC1CCCc2ccc(S(=O)(=O)c3ccccc3)cc21. The molecule has 1 atom stereocenters. The smallest absolute Gasteiger partial charge is 0.206 e. The highest BCUT2D eigenvalue weighted by Crippen LogP contribution is 2.36. The number of benzene rings is 2. The van der Waals surface area contributed by atoms with Crippen molar-refractivity contribution in [2.75, 3.05) is 20.6 Å². The highest BCUT2D eigenvalue weighted by molar-refractivity contribution is 7.91. The third-order valence-electron chi connectivity index (χ3n) is 4.84. The van der Waals surface area contributed by atoms with E-state index in [1.165, 1.54) is 11.1 Å². The zero-order chi connectivity index (χ0) is 18.6. The fraction of sp³-hybridized carbons (Fsp3) is 0.381. The van der Waals surface area contributed by atoms with Crippen molar-refractivity contribution in [3.05, 3.63) is 59.7 Å². The topological polar surface area (TPSA) is 49.7 Å². The molecule has 0 N–H and O–H groups in total. The molecule has 0 fully saturated rings. The van der Waals surface area contributed by atoms with Gasteiger partial charge in [0.15, 0.2) is 0 Å². The van der Waals surface area contributed by atoms with Crippen LogP contribution < -0.4 is 0 Å². The molecular formula is C21H26N2O2S. The van der Waals surface area contributed by atoms with Crippen LogP contribution in [0.25, 0.3) is 0 Å². The second-order valence-electron chi connectivity index (χ2n) is 7.04. The highest BCUT2D eigenvalue weighted by atomic mass is 32.2. The minimum atomic E-state index is -3.47. The summed E-state index contributed by atoms with van der Waals surface area (Å²) in [4.78, 5) is 7.11. The quantitative estimate of drug-likeness (QED) is 0.572. The van der Waals surface area contributed by atoms with Gasteiger partial charge < -0.3 is 4.90 Å². The van der Waals surface area contributed by atoms with Gasteiger partial charge in [-0.25, -0.2) is 8.42 Å². The summed E-state index contributed by atoms with van der Waals surface area (Å²) in [6.45, 7) is 0.762. The van der Waals surface area contributed by atoms with Crippen LogP contribution >= 0.6 is 0 Å². The first-order valence-electron chi connectivity index (χ1n) is 9.08. The molecule has 138 valence electrons. The molecule has 0 amide bonds. The first-order chi connectivity index (χ1) is 12.5. The summed E-state index contributed by atoms with van der Waals surface area (Å²) < 4.78 is 25.9. The lowest BCUT2D eigenvalue weighted by Gasteiger charge is -2.26. The number of rotatable bonds is 6. The molecule has 3 rings (SSSR count). The first-order valence-corrected chi connectivity index (χ1v) is 10.6. The molecule has 1 aliphatic carbocycles. The van der Waals surface area contributed by atoms with Crippen molar-refractivity contribution in [1.29, 1.82) is 0 Å². The third kappa shape index (κ3) is 4.15. The Bertz CT molecular complexity index is 874. The molecular weight excluding hydrogens is 344 g/mol. The Balaban J connectivity index is 1.87. The van der Waals surface area contributed by atoms with E-state index in [1.807, 2.05) is 43.5 Å². The number of nitrogens with zero attached hydrogens (tertiary/aromatic N) is 2. The minimum Gasteiger partial charge on any atom is -0.369 e. The van der Waals surface area contributed by atoms with Crippen LogP contribution in [0.3, 0.4) is 0 Å². The molecule has 4 nitrogen and oxygen atoms in total. The number of fused-ring (bicyclic) bond motifs is 1. The molecule has 0 heterocycles. The Morgan fingerprint density at radius 3 is 2.62 bits per heavy atom. The van der Waals surface area contributed by atoms with Crippen molar-refractivity contribution in [3.8, 4) is 0 Å². The molecule has 0 bridgehead atoms. The van der Waals surface area contributed by atoms with Crippen LogP contribution in [-0.4, -0.2) is 40.3 Å². The van der Waals surface area contributed by atoms with E-state index in [-0.39, 0.29) is 0 Å². The maximum absolute atomic E-state index is 12.9. The fourth-order valence-corrected chi connectivity index (χ4v) is 4.85. The molecule has 0 radical (unpaired) electrons. The van der Waals surface area contributed by atoms with E-state index >= 15 is 0 Å². The summed E-state index contributed by atoms with van der Waals surface area (Å²) in [5, 5.41) is 0. The first kappa shape index (κ1) is 18.6. The summed E-state index contributed by atoms with van der Waals surface area (Å²) in [6.07, 6.45) is 6.06. The number of aliphatic imine (C=N–C) groups is 1. The van der Waals surface area contributed by atoms with Gasteiger partial charge in [0, 0.05) is 20.6 Å². The lowest BCUT2D eigenvalue weighted by molar-refractivity contribution is 0.523. The molecule has 0 spiro atoms. The lowest BCUT2D eigenvalue weighted by Crippen LogP contribution is -2.13. The van der Waals surface area contributed by atoms with Gasteiger partial charge in [-0.15, -0.1) is 0 Å². The zero-order valence-electron chi connectivity index (χ0n) is 15.4. The number of aryl methyl sites for hydroxylation is 1. The monoisotopic (exact) mass is 370 g/mol. The molecule has 1 unspecified atom stereocenters. The van der Waals surface area contributed by atoms with E-state index in [4.69, 9.17) is 0 Å². The molecule has 0 aliphatic heterocycles. The van der Waals surface area contributed by atoms with E-state index in [0.29, 0.717) is 15.7 Å². The molecule has 0 saturated carbocycles. The van der Waals surface area contributed by atoms with Gasteiger partial charge in [0.1, 0.15) is 0 Å². The van der Waals surface area contributed by atoms with E-state index in [0.717, 1.165) is 32.2 Å². The molecule has 26 heavy (non-hydrogen) atoms. The second-order valence-corrected chi connectivity index (χ2v) is 8.99. The Morgan fingerprint density at radius 2 is 1.88 bits per heavy atom. The van der Waals surface area contributed by atoms with E-state index in [2.05, 4.69) is 4.99 Å². The van der Waals surface area contributed by atoms with Crippen LogP contribution in [0.4, 0.5) is 0 Å². The summed E-state index contributed by atoms with van der Waals surface area (Å²) in [5.41, 5.74) is 2.47. The third-order valence-corrected chi connectivity index (χ3v) is 6.61. The van der Waals surface area contributed by atoms with Gasteiger partial charge in [-0.3, -0.25) is 4.99 Å². The van der Waals surface area contributed by atoms with Crippen LogP contribution in [0.5, 0.6) is 0 Å². The van der Waals surface area contributed by atoms with Crippen molar-refractivity contribution in [2.45, 2.75) is 41.4 Å². The Morgan fingerprint density at radius 1 is 1.12 bits per heavy atom. The van der Waals surface area contributed by atoms with E-state index < -0.39 is 9.84 Å². The summed E-state index contributed by atoms with van der Waals surface area (Å²) in [5.74, 6) is 0.379. The van der Waals surface area contributed by atoms with E-state index in [9.17, 15) is 8.42 Å². The molecule has 1 aliphatic rings. The van der Waals surface area contributed by atoms with Crippen LogP contribution in [0.15, 0.2) is 63.3 Å². The van der Waals surface area contributed by atoms with Crippen molar-refractivity contribution >= 4 is 16.2 Å². The summed E-state index contributed by atoms with van der Waals surface area (Å²) in [7, 11) is 0.448. The Kier molecular flexibility index (Phi) is 5.77. The van der Waals surface area contributed by atoms with E-state index in [1.54, 1.807) is 30.3 Å². The predicted molar refractivity (Wildman–Crippen MR) is 106 cm³/mol. The van der Waals surface area contributed by atoms with Gasteiger partial charge in [0.2, 0.25) is 9.84 Å². The average molecular weight is 371 g/mol. The maximum atomic E-state index is 12.9. The number of hydrogen-bond acceptors (Lipinski definition) is 3. The maximum Gasteiger partial charge on any atom is 0.206 e. The largest absolute Gasteiger partial charge is 0.369 e. The second kappa shape index (κ2) is 8.04. The van der Waals surface area contributed by atoms with Crippen LogP contribution in [0.1, 0.15) is 36.3 Å². The van der Waals surface area contributed by atoms with Gasteiger partial charge in [0.05, 0.1) is 16.1 Å². The Hall–Kier alpha value is -2.14. The highest BCUT2D eigenvalue weighted by Gasteiger charge is 2.24. The van der Waals surface area contributed by atoms with Crippen LogP contribution in [0.2, 0.25) is 0 Å². The van der Waals surface area contributed by atoms with Crippen molar-refractivity contribution in [1.82, 2.24) is 4.90 Å². The van der Waals surface area contributed by atoms with Gasteiger partial charge >= 0.3 is 0 Å². The molecule has 0 aromatic heterocycles. The molecule has 5 heteroatoms. The lowest BCUT2D eigenvalue weighted by atomic mass is 9.81. The van der Waals surface area contributed by atoms with Crippen LogP contribution in [-0.2, 0) is 16.3 Å². The van der Waals surface area contributed by atoms with Crippen molar-refractivity contribution in [3.63, 3.8) is 0 Å². The zero-order valence-corrected chi connectivity index (χ0v) is 16.2. The van der Waals surface area contributed by atoms with Gasteiger partial charge in [0.25, 0.3) is 0 Å². The average Bonchev–Trinajstić information content (AvgIpc) is 2.65.